The first-order valence-electron chi connectivity index (χ1n) is 11.0. The number of hydrogen-bond donors (Lipinski definition) is 1. The highest BCUT2D eigenvalue weighted by Gasteiger charge is 2.25. The Morgan fingerprint density at radius 2 is 2.03 bits per heavy atom. The van der Waals surface area contributed by atoms with E-state index in [1.165, 1.54) is 12.1 Å². The molecule has 3 aromatic rings. The van der Waals surface area contributed by atoms with Crippen LogP contribution in [0.3, 0.4) is 0 Å². The predicted molar refractivity (Wildman–Crippen MR) is 118 cm³/mol. The molecule has 4 heterocycles. The van der Waals surface area contributed by atoms with E-state index in [1.54, 1.807) is 18.3 Å². The van der Waals surface area contributed by atoms with Crippen molar-refractivity contribution in [2.75, 3.05) is 25.1 Å². The first-order valence-corrected chi connectivity index (χ1v) is 11.0. The van der Waals surface area contributed by atoms with Gasteiger partial charge in [0.05, 0.1) is 12.2 Å². The van der Waals surface area contributed by atoms with Gasteiger partial charge in [0.25, 0.3) is 0 Å². The molecule has 0 saturated carbocycles. The summed E-state index contributed by atoms with van der Waals surface area (Å²) in [5, 5.41) is 7.66. The third-order valence-electron chi connectivity index (χ3n) is 5.82. The summed E-state index contributed by atoms with van der Waals surface area (Å²) < 4.78 is 26.8. The fraction of sp³-hybridized carbons (Fsp3) is 0.375. The van der Waals surface area contributed by atoms with E-state index >= 15 is 0 Å². The van der Waals surface area contributed by atoms with Gasteiger partial charge in [-0.3, -0.25) is 4.79 Å². The smallest absolute Gasteiger partial charge is 0.225 e. The van der Waals surface area contributed by atoms with Crippen LogP contribution in [0.25, 0.3) is 22.4 Å². The lowest BCUT2D eigenvalue weighted by molar-refractivity contribution is -0.118. The molecule has 1 N–H and O–H groups in total. The number of amides is 1. The van der Waals surface area contributed by atoms with Crippen LogP contribution in [0, 0.1) is 11.7 Å². The number of fused-ring (bicyclic) bond motifs is 1. The summed E-state index contributed by atoms with van der Waals surface area (Å²) in [6.45, 7) is 2.76. The van der Waals surface area contributed by atoms with Gasteiger partial charge in [0.2, 0.25) is 11.8 Å². The summed E-state index contributed by atoms with van der Waals surface area (Å²) in [7, 11) is 0. The molecule has 1 saturated heterocycles. The minimum absolute atomic E-state index is 0.0720. The van der Waals surface area contributed by atoms with Crippen molar-refractivity contribution >= 4 is 11.7 Å². The normalized spacial score (nSPS) is 18.0. The lowest BCUT2D eigenvalue weighted by Gasteiger charge is -2.21. The second-order valence-corrected chi connectivity index (χ2v) is 8.23. The molecule has 2 aliphatic rings. The average molecular weight is 436 g/mol. The zero-order chi connectivity index (χ0) is 21.9. The fourth-order valence-electron chi connectivity index (χ4n) is 4.28. The second-order valence-electron chi connectivity index (χ2n) is 8.23. The summed E-state index contributed by atoms with van der Waals surface area (Å²) in [6.07, 6.45) is 4.95. The molecule has 32 heavy (non-hydrogen) atoms. The number of aryl methyl sites for hydroxylation is 1. The van der Waals surface area contributed by atoms with Crippen molar-refractivity contribution in [2.45, 2.75) is 32.2 Å². The number of aromatic nitrogens is 3. The van der Waals surface area contributed by atoms with Crippen molar-refractivity contribution in [3.63, 3.8) is 0 Å². The van der Waals surface area contributed by atoms with Crippen LogP contribution in [0.2, 0.25) is 0 Å². The molecule has 2 aliphatic heterocycles. The minimum atomic E-state index is -0.298. The molecule has 1 unspecified atom stereocenters. The molecule has 7 nitrogen and oxygen atoms in total. The van der Waals surface area contributed by atoms with Gasteiger partial charge < -0.3 is 14.8 Å². The summed E-state index contributed by atoms with van der Waals surface area (Å²) in [6, 6.07) is 9.97. The van der Waals surface area contributed by atoms with Crippen LogP contribution in [-0.2, 0) is 16.1 Å². The number of carbonyl (C=O) groups is 1. The van der Waals surface area contributed by atoms with Crippen molar-refractivity contribution < 1.29 is 18.7 Å². The Morgan fingerprint density at radius 1 is 1.16 bits per heavy atom. The van der Waals surface area contributed by atoms with E-state index in [0.717, 1.165) is 49.1 Å². The molecular weight excluding hydrogens is 411 g/mol. The summed E-state index contributed by atoms with van der Waals surface area (Å²) >= 11 is 0. The summed E-state index contributed by atoms with van der Waals surface area (Å²) in [5.74, 6) is 1.03. The molecule has 0 spiro atoms. The molecule has 2 aromatic heterocycles. The second kappa shape index (κ2) is 9.08. The summed E-state index contributed by atoms with van der Waals surface area (Å²) in [4.78, 5) is 16.9. The van der Waals surface area contributed by atoms with Crippen LogP contribution >= 0.6 is 0 Å². The predicted octanol–water partition coefficient (Wildman–Crippen LogP) is 4.29. The van der Waals surface area contributed by atoms with E-state index in [-0.39, 0.29) is 17.6 Å². The SMILES string of the molecule is O=C(CC1CCCOC1)Nc1cc(-c2c(-c3ccc(F)cc3)nn3c2OCCC3)ccn1. The molecule has 1 amide bonds. The number of carbonyl (C=O) groups excluding carboxylic acids is 1. The monoisotopic (exact) mass is 436 g/mol. The van der Waals surface area contributed by atoms with Gasteiger partial charge in [0.1, 0.15) is 17.3 Å². The number of benzene rings is 1. The molecule has 5 rings (SSSR count). The maximum atomic E-state index is 13.5. The molecule has 0 aliphatic carbocycles. The van der Waals surface area contributed by atoms with Crippen LogP contribution in [0.4, 0.5) is 10.2 Å². The highest BCUT2D eigenvalue weighted by atomic mass is 19.1. The number of pyridine rings is 1. The largest absolute Gasteiger partial charge is 0.477 e. The number of ether oxygens (including phenoxy) is 2. The van der Waals surface area contributed by atoms with E-state index in [4.69, 9.17) is 14.6 Å². The lowest BCUT2D eigenvalue weighted by atomic mass is 9.98. The number of nitrogens with one attached hydrogen (secondary N) is 1. The van der Waals surface area contributed by atoms with Crippen molar-refractivity contribution in [1.82, 2.24) is 14.8 Å². The molecule has 1 aromatic carbocycles. The first kappa shape index (κ1) is 20.6. The van der Waals surface area contributed by atoms with Crippen LogP contribution in [-0.4, -0.2) is 40.5 Å². The summed E-state index contributed by atoms with van der Waals surface area (Å²) in [5.41, 5.74) is 3.16. The molecular formula is C24H25FN4O3. The first-order chi connectivity index (χ1) is 15.7. The third-order valence-corrected chi connectivity index (χ3v) is 5.82. The molecule has 1 atom stereocenters. The van der Waals surface area contributed by atoms with E-state index in [9.17, 15) is 9.18 Å². The topological polar surface area (TPSA) is 78.3 Å². The van der Waals surface area contributed by atoms with Crippen molar-refractivity contribution in [3.05, 3.63) is 48.4 Å². The standard InChI is InChI=1S/C24H25FN4O3/c25-19-6-4-17(5-7-19)23-22(24-29(28-23)10-2-12-32-24)18-8-9-26-20(14-18)27-21(30)13-16-3-1-11-31-15-16/h4-9,14,16H,1-3,10-13,15H2,(H,26,27,30). The van der Waals surface area contributed by atoms with Gasteiger partial charge in [0.15, 0.2) is 0 Å². The van der Waals surface area contributed by atoms with Gasteiger partial charge in [-0.1, -0.05) is 0 Å². The fourth-order valence-corrected chi connectivity index (χ4v) is 4.28. The van der Waals surface area contributed by atoms with E-state index < -0.39 is 0 Å². The van der Waals surface area contributed by atoms with Crippen LogP contribution in [0.5, 0.6) is 5.88 Å². The van der Waals surface area contributed by atoms with E-state index in [1.807, 2.05) is 16.8 Å². The highest BCUT2D eigenvalue weighted by Crippen LogP contribution is 2.41. The average Bonchev–Trinajstić information content (AvgIpc) is 3.20. The number of rotatable bonds is 5. The van der Waals surface area contributed by atoms with Crippen molar-refractivity contribution in [2.24, 2.45) is 5.92 Å². The zero-order valence-corrected chi connectivity index (χ0v) is 17.7. The quantitative estimate of drug-likeness (QED) is 0.646. The van der Waals surface area contributed by atoms with E-state index in [0.29, 0.717) is 37.0 Å². The molecule has 0 radical (unpaired) electrons. The Morgan fingerprint density at radius 3 is 2.84 bits per heavy atom. The van der Waals surface area contributed by atoms with E-state index in [2.05, 4.69) is 10.3 Å². The van der Waals surface area contributed by atoms with Crippen molar-refractivity contribution in [3.8, 4) is 28.3 Å². The molecule has 8 heteroatoms. The van der Waals surface area contributed by atoms with Gasteiger partial charge in [0, 0.05) is 44.4 Å². The van der Waals surface area contributed by atoms with Gasteiger partial charge in [-0.25, -0.2) is 14.1 Å². The Hall–Kier alpha value is -3.26. The molecule has 1 fully saturated rings. The minimum Gasteiger partial charge on any atom is -0.477 e. The Bertz CT molecular complexity index is 1110. The number of anilines is 1. The Labute approximate surface area is 185 Å². The van der Waals surface area contributed by atoms with Gasteiger partial charge in [-0.05, 0) is 60.7 Å². The molecule has 166 valence electrons. The van der Waals surface area contributed by atoms with Crippen LogP contribution in [0.1, 0.15) is 25.7 Å². The maximum Gasteiger partial charge on any atom is 0.225 e. The number of hydrogen-bond acceptors (Lipinski definition) is 5. The van der Waals surface area contributed by atoms with Gasteiger partial charge >= 0.3 is 0 Å². The molecule has 0 bridgehead atoms. The van der Waals surface area contributed by atoms with Crippen LogP contribution < -0.4 is 10.1 Å². The lowest BCUT2D eigenvalue weighted by Crippen LogP contribution is -2.23. The maximum absolute atomic E-state index is 13.5. The Balaban J connectivity index is 1.45. The third kappa shape index (κ3) is 4.36. The van der Waals surface area contributed by atoms with Gasteiger partial charge in [-0.15, -0.1) is 0 Å². The number of nitrogens with zero attached hydrogens (tertiary/aromatic N) is 3. The van der Waals surface area contributed by atoms with Gasteiger partial charge in [-0.2, -0.15) is 5.10 Å². The van der Waals surface area contributed by atoms with Crippen LogP contribution in [0.15, 0.2) is 42.6 Å². The van der Waals surface area contributed by atoms with Crippen molar-refractivity contribution in [1.29, 1.82) is 0 Å². The zero-order valence-electron chi connectivity index (χ0n) is 17.7. The number of halogens is 1. The Kier molecular flexibility index (Phi) is 5.85. The highest BCUT2D eigenvalue weighted by molar-refractivity contribution is 5.92.